The van der Waals surface area contributed by atoms with E-state index in [-0.39, 0.29) is 23.5 Å². The van der Waals surface area contributed by atoms with Gasteiger partial charge >= 0.3 is 0 Å². The van der Waals surface area contributed by atoms with E-state index in [0.29, 0.717) is 26.1 Å². The standard InChI is InChI=1S/C18H25NO4/c1-22-16-13-15(20)18(16)8-10-19(11-9-18)17(21)7-12-23-14-5-3-2-4-6-14/h2-6,15-16,20H,7-13H2,1H3/t15-,16+/m1/s1. The number of para-hydroxylation sites is 1. The molecule has 1 N–H and O–H groups in total. The third-order valence-electron chi connectivity index (χ3n) is 5.40. The van der Waals surface area contributed by atoms with Crippen molar-refractivity contribution >= 4 is 5.91 Å². The number of likely N-dealkylation sites (tertiary alicyclic amines) is 1. The summed E-state index contributed by atoms with van der Waals surface area (Å²) in [7, 11) is 1.71. The lowest BCUT2D eigenvalue weighted by Crippen LogP contribution is -2.62. The van der Waals surface area contributed by atoms with Crippen LogP contribution in [0.2, 0.25) is 0 Å². The first kappa shape index (κ1) is 16.3. The van der Waals surface area contributed by atoms with Crippen molar-refractivity contribution in [3.8, 4) is 5.75 Å². The molecule has 1 aromatic carbocycles. The number of ether oxygens (including phenoxy) is 2. The van der Waals surface area contributed by atoms with Gasteiger partial charge < -0.3 is 19.5 Å². The van der Waals surface area contributed by atoms with E-state index in [1.807, 2.05) is 35.2 Å². The number of aliphatic hydroxyl groups excluding tert-OH is 1. The Morgan fingerprint density at radius 1 is 1.30 bits per heavy atom. The van der Waals surface area contributed by atoms with Crippen LogP contribution in [-0.2, 0) is 9.53 Å². The molecule has 1 aliphatic carbocycles. The van der Waals surface area contributed by atoms with E-state index in [2.05, 4.69) is 0 Å². The van der Waals surface area contributed by atoms with Gasteiger partial charge in [0.15, 0.2) is 0 Å². The Morgan fingerprint density at radius 2 is 2.00 bits per heavy atom. The van der Waals surface area contributed by atoms with E-state index < -0.39 is 0 Å². The summed E-state index contributed by atoms with van der Waals surface area (Å²) in [5.74, 6) is 0.914. The number of methoxy groups -OCH3 is 1. The number of benzene rings is 1. The summed E-state index contributed by atoms with van der Waals surface area (Å²) in [6.07, 6.45) is 2.59. The predicted octanol–water partition coefficient (Wildman–Crippen LogP) is 1.84. The van der Waals surface area contributed by atoms with Gasteiger partial charge in [-0.25, -0.2) is 0 Å². The minimum absolute atomic E-state index is 0.124. The molecule has 5 heteroatoms. The number of hydrogen-bond acceptors (Lipinski definition) is 4. The molecule has 2 fully saturated rings. The summed E-state index contributed by atoms with van der Waals surface area (Å²) in [5.41, 5.74) is -0.133. The van der Waals surface area contributed by atoms with Gasteiger partial charge in [-0.15, -0.1) is 0 Å². The summed E-state index contributed by atoms with van der Waals surface area (Å²) in [5, 5.41) is 10.1. The minimum Gasteiger partial charge on any atom is -0.493 e. The molecule has 23 heavy (non-hydrogen) atoms. The Morgan fingerprint density at radius 3 is 2.61 bits per heavy atom. The van der Waals surface area contributed by atoms with Crippen molar-refractivity contribution < 1.29 is 19.4 Å². The summed E-state index contributed by atoms with van der Waals surface area (Å²) in [6, 6.07) is 9.54. The molecule has 1 aliphatic heterocycles. The van der Waals surface area contributed by atoms with Gasteiger partial charge in [0.1, 0.15) is 5.75 Å². The van der Waals surface area contributed by atoms with Gasteiger partial charge in [0.2, 0.25) is 5.91 Å². The highest BCUT2D eigenvalue weighted by molar-refractivity contribution is 5.76. The fourth-order valence-electron chi connectivity index (χ4n) is 3.82. The molecule has 1 heterocycles. The molecule has 5 nitrogen and oxygen atoms in total. The zero-order valence-corrected chi connectivity index (χ0v) is 13.6. The molecular formula is C18H25NO4. The van der Waals surface area contributed by atoms with Crippen molar-refractivity contribution in [1.82, 2.24) is 4.90 Å². The fourth-order valence-corrected chi connectivity index (χ4v) is 3.82. The van der Waals surface area contributed by atoms with Crippen LogP contribution in [-0.4, -0.2) is 54.9 Å². The number of piperidine rings is 1. The SMILES string of the molecule is CO[C@H]1C[C@@H](O)C12CCN(C(=O)CCOc1ccccc1)CC2. The number of amides is 1. The summed E-state index contributed by atoms with van der Waals surface area (Å²) in [6.45, 7) is 1.79. The molecule has 0 bridgehead atoms. The van der Waals surface area contributed by atoms with E-state index in [9.17, 15) is 9.90 Å². The smallest absolute Gasteiger partial charge is 0.225 e. The molecule has 0 unspecified atom stereocenters. The lowest BCUT2D eigenvalue weighted by Gasteiger charge is -2.56. The molecule has 2 atom stereocenters. The van der Waals surface area contributed by atoms with Gasteiger partial charge in [0.25, 0.3) is 0 Å². The molecule has 1 spiro atoms. The Labute approximate surface area is 137 Å². The highest BCUT2D eigenvalue weighted by Gasteiger charge is 2.56. The maximum atomic E-state index is 12.3. The zero-order valence-electron chi connectivity index (χ0n) is 13.6. The van der Waals surface area contributed by atoms with Gasteiger partial charge in [0.05, 0.1) is 25.2 Å². The van der Waals surface area contributed by atoms with Crippen molar-refractivity contribution in [2.75, 3.05) is 26.8 Å². The largest absolute Gasteiger partial charge is 0.493 e. The van der Waals surface area contributed by atoms with Crippen molar-refractivity contribution in [1.29, 1.82) is 0 Å². The van der Waals surface area contributed by atoms with Crippen LogP contribution in [0.4, 0.5) is 0 Å². The van der Waals surface area contributed by atoms with E-state index in [4.69, 9.17) is 9.47 Å². The number of nitrogens with zero attached hydrogens (tertiary/aromatic N) is 1. The molecule has 1 aromatic rings. The average Bonchev–Trinajstić information content (AvgIpc) is 2.60. The van der Waals surface area contributed by atoms with Crippen molar-refractivity contribution in [2.24, 2.45) is 5.41 Å². The molecule has 3 rings (SSSR count). The van der Waals surface area contributed by atoms with E-state index in [1.54, 1.807) is 7.11 Å². The summed E-state index contributed by atoms with van der Waals surface area (Å²) in [4.78, 5) is 14.2. The number of carbonyl (C=O) groups is 1. The monoisotopic (exact) mass is 319 g/mol. The second kappa shape index (κ2) is 6.89. The van der Waals surface area contributed by atoms with Gasteiger partial charge in [-0.05, 0) is 25.0 Å². The third kappa shape index (κ3) is 3.21. The van der Waals surface area contributed by atoms with Crippen LogP contribution in [0.15, 0.2) is 30.3 Å². The Balaban J connectivity index is 1.43. The first-order chi connectivity index (χ1) is 11.2. The maximum absolute atomic E-state index is 12.3. The molecule has 0 aromatic heterocycles. The van der Waals surface area contributed by atoms with Crippen LogP contribution in [0.1, 0.15) is 25.7 Å². The Kier molecular flexibility index (Phi) is 4.87. The summed E-state index contributed by atoms with van der Waals surface area (Å²) >= 11 is 0. The van der Waals surface area contributed by atoms with Crippen molar-refractivity contribution in [3.63, 3.8) is 0 Å². The van der Waals surface area contributed by atoms with E-state index >= 15 is 0 Å². The van der Waals surface area contributed by atoms with E-state index in [0.717, 1.165) is 25.0 Å². The molecule has 2 aliphatic rings. The second-order valence-electron chi connectivity index (χ2n) is 6.50. The zero-order chi connectivity index (χ0) is 16.3. The number of aliphatic hydroxyl groups is 1. The minimum atomic E-state index is -0.286. The van der Waals surface area contributed by atoms with Crippen molar-refractivity contribution in [3.05, 3.63) is 30.3 Å². The van der Waals surface area contributed by atoms with Gasteiger partial charge in [-0.2, -0.15) is 0 Å². The van der Waals surface area contributed by atoms with Gasteiger partial charge in [-0.1, -0.05) is 18.2 Å². The predicted molar refractivity (Wildman–Crippen MR) is 86.2 cm³/mol. The normalized spacial score (nSPS) is 25.9. The molecule has 1 saturated carbocycles. The van der Waals surface area contributed by atoms with Crippen LogP contribution in [0.3, 0.4) is 0 Å². The highest BCUT2D eigenvalue weighted by Crippen LogP contribution is 2.50. The average molecular weight is 319 g/mol. The second-order valence-corrected chi connectivity index (χ2v) is 6.50. The van der Waals surface area contributed by atoms with E-state index in [1.165, 1.54) is 0 Å². The lowest BCUT2D eigenvalue weighted by atomic mass is 9.58. The van der Waals surface area contributed by atoms with Crippen LogP contribution < -0.4 is 4.74 Å². The van der Waals surface area contributed by atoms with Crippen LogP contribution >= 0.6 is 0 Å². The van der Waals surface area contributed by atoms with Crippen molar-refractivity contribution in [2.45, 2.75) is 37.9 Å². The van der Waals surface area contributed by atoms with Gasteiger partial charge in [0, 0.05) is 32.0 Å². The Bertz CT molecular complexity index is 525. The van der Waals surface area contributed by atoms with Gasteiger partial charge in [-0.3, -0.25) is 4.79 Å². The Hall–Kier alpha value is -1.59. The molecule has 1 amide bonds. The number of rotatable bonds is 5. The molecular weight excluding hydrogens is 294 g/mol. The quantitative estimate of drug-likeness (QED) is 0.900. The lowest BCUT2D eigenvalue weighted by molar-refractivity contribution is -0.202. The number of carbonyl (C=O) groups excluding carboxylic acids is 1. The van der Waals surface area contributed by atoms with Crippen LogP contribution in [0.25, 0.3) is 0 Å². The fraction of sp³-hybridized carbons (Fsp3) is 0.611. The molecule has 126 valence electrons. The number of hydrogen-bond donors (Lipinski definition) is 1. The van der Waals surface area contributed by atoms with Crippen LogP contribution in [0, 0.1) is 5.41 Å². The first-order valence-corrected chi connectivity index (χ1v) is 8.32. The maximum Gasteiger partial charge on any atom is 0.225 e. The molecule has 0 radical (unpaired) electrons. The first-order valence-electron chi connectivity index (χ1n) is 8.32. The molecule has 1 saturated heterocycles. The van der Waals surface area contributed by atoms with Crippen LogP contribution in [0.5, 0.6) is 5.75 Å². The topological polar surface area (TPSA) is 59.0 Å². The highest BCUT2D eigenvalue weighted by atomic mass is 16.5. The third-order valence-corrected chi connectivity index (χ3v) is 5.40. The summed E-state index contributed by atoms with van der Waals surface area (Å²) < 4.78 is 11.1.